The Morgan fingerprint density at radius 3 is 3.09 bits per heavy atom. The smallest absolute Gasteiger partial charge is 0.138 e. The van der Waals surface area contributed by atoms with E-state index in [-0.39, 0.29) is 5.82 Å². The van der Waals surface area contributed by atoms with E-state index >= 15 is 0 Å². The van der Waals surface area contributed by atoms with Crippen LogP contribution in [0.5, 0.6) is 0 Å². The molecule has 2 aromatic rings. The molecule has 56 valence electrons. The Bertz CT molecular complexity index is 396. The molecule has 1 heterocycles. The molecule has 0 spiro atoms. The van der Waals surface area contributed by atoms with Crippen LogP contribution in [-0.2, 0) is 0 Å². The molecule has 2 nitrogen and oxygen atoms in total. The SMILES string of the molecule is Fc1ccc2cn[nH]c2c1I. The van der Waals surface area contributed by atoms with Gasteiger partial charge in [-0.05, 0) is 34.7 Å². The van der Waals surface area contributed by atoms with Crippen LogP contribution in [0.2, 0.25) is 0 Å². The van der Waals surface area contributed by atoms with Crippen LogP contribution in [-0.4, -0.2) is 10.2 Å². The maximum Gasteiger partial charge on any atom is 0.138 e. The van der Waals surface area contributed by atoms with Crippen molar-refractivity contribution in [2.24, 2.45) is 0 Å². The van der Waals surface area contributed by atoms with Gasteiger partial charge in [0.2, 0.25) is 0 Å². The third kappa shape index (κ3) is 1.01. The van der Waals surface area contributed by atoms with Crippen LogP contribution in [0.15, 0.2) is 18.3 Å². The molecule has 11 heavy (non-hydrogen) atoms. The molecule has 0 aliphatic heterocycles. The number of hydrogen-bond donors (Lipinski definition) is 1. The van der Waals surface area contributed by atoms with Crippen LogP contribution in [0.1, 0.15) is 0 Å². The summed E-state index contributed by atoms with van der Waals surface area (Å²) in [5, 5.41) is 7.48. The number of benzene rings is 1. The normalized spacial score (nSPS) is 10.7. The van der Waals surface area contributed by atoms with Gasteiger partial charge in [0.25, 0.3) is 0 Å². The number of rotatable bonds is 0. The van der Waals surface area contributed by atoms with E-state index in [4.69, 9.17) is 0 Å². The van der Waals surface area contributed by atoms with E-state index in [0.717, 1.165) is 10.9 Å². The van der Waals surface area contributed by atoms with Crippen LogP contribution < -0.4 is 0 Å². The van der Waals surface area contributed by atoms with Crippen LogP contribution in [0.3, 0.4) is 0 Å². The number of halogens is 2. The van der Waals surface area contributed by atoms with Crippen molar-refractivity contribution in [3.63, 3.8) is 0 Å². The summed E-state index contributed by atoms with van der Waals surface area (Å²) in [7, 11) is 0. The molecule has 1 aromatic carbocycles. The van der Waals surface area contributed by atoms with Gasteiger partial charge in [-0.1, -0.05) is 0 Å². The highest BCUT2D eigenvalue weighted by Gasteiger charge is 2.04. The van der Waals surface area contributed by atoms with Gasteiger partial charge in [-0.2, -0.15) is 5.10 Å². The summed E-state index contributed by atoms with van der Waals surface area (Å²) in [6, 6.07) is 3.15. The molecule has 1 N–H and O–H groups in total. The molecule has 4 heteroatoms. The molecule has 1 aromatic heterocycles. The minimum Gasteiger partial charge on any atom is -0.277 e. The van der Waals surface area contributed by atoms with E-state index < -0.39 is 0 Å². The zero-order chi connectivity index (χ0) is 7.84. The Labute approximate surface area is 75.9 Å². The fourth-order valence-corrected chi connectivity index (χ4v) is 1.56. The van der Waals surface area contributed by atoms with Crippen molar-refractivity contribution in [3.05, 3.63) is 27.7 Å². The zero-order valence-electron chi connectivity index (χ0n) is 5.44. The summed E-state index contributed by atoms with van der Waals surface area (Å²) in [6.07, 6.45) is 1.68. The van der Waals surface area contributed by atoms with Crippen molar-refractivity contribution < 1.29 is 4.39 Å². The molecule has 0 radical (unpaired) electrons. The standard InChI is InChI=1S/C7H4FIN2/c8-5-2-1-4-3-10-11-7(4)6(5)9/h1-3H,(H,10,11). The number of fused-ring (bicyclic) bond motifs is 1. The predicted molar refractivity (Wildman–Crippen MR) is 48.8 cm³/mol. The summed E-state index contributed by atoms with van der Waals surface area (Å²) >= 11 is 1.95. The quantitative estimate of drug-likeness (QED) is 0.725. The third-order valence-corrected chi connectivity index (χ3v) is 2.56. The fraction of sp³-hybridized carbons (Fsp3) is 0. The van der Waals surface area contributed by atoms with Gasteiger partial charge in [0.1, 0.15) is 5.82 Å². The molecule has 0 bridgehead atoms. The summed E-state index contributed by atoms with van der Waals surface area (Å²) in [4.78, 5) is 0. The maximum atomic E-state index is 12.9. The van der Waals surface area contributed by atoms with Crippen molar-refractivity contribution in [1.82, 2.24) is 10.2 Å². The predicted octanol–water partition coefficient (Wildman–Crippen LogP) is 2.31. The van der Waals surface area contributed by atoms with E-state index in [2.05, 4.69) is 10.2 Å². The molecule has 0 aliphatic rings. The lowest BCUT2D eigenvalue weighted by Gasteiger charge is -1.93. The lowest BCUT2D eigenvalue weighted by atomic mass is 10.2. The van der Waals surface area contributed by atoms with Gasteiger partial charge in [0.05, 0.1) is 15.3 Å². The molecule has 0 unspecified atom stereocenters. The van der Waals surface area contributed by atoms with Crippen LogP contribution >= 0.6 is 22.6 Å². The third-order valence-electron chi connectivity index (χ3n) is 1.51. The molecule has 0 aliphatic carbocycles. The average Bonchev–Trinajstić information content (AvgIpc) is 2.45. The van der Waals surface area contributed by atoms with Crippen LogP contribution in [0.4, 0.5) is 4.39 Å². The van der Waals surface area contributed by atoms with E-state index in [9.17, 15) is 4.39 Å². The van der Waals surface area contributed by atoms with Gasteiger partial charge in [-0.3, -0.25) is 5.10 Å². The zero-order valence-corrected chi connectivity index (χ0v) is 7.59. The number of aromatic nitrogens is 2. The molecule has 0 fully saturated rings. The van der Waals surface area contributed by atoms with Gasteiger partial charge in [0, 0.05) is 5.39 Å². The largest absolute Gasteiger partial charge is 0.277 e. The lowest BCUT2D eigenvalue weighted by molar-refractivity contribution is 0.622. The Balaban J connectivity index is 2.93. The van der Waals surface area contributed by atoms with Crippen LogP contribution in [0, 0.1) is 9.39 Å². The molecule has 0 amide bonds. The topological polar surface area (TPSA) is 28.7 Å². The fourth-order valence-electron chi connectivity index (χ4n) is 0.953. The monoisotopic (exact) mass is 262 g/mol. The first-order chi connectivity index (χ1) is 5.29. The second-order valence-electron chi connectivity index (χ2n) is 2.20. The Hall–Kier alpha value is -0.650. The highest BCUT2D eigenvalue weighted by molar-refractivity contribution is 14.1. The summed E-state index contributed by atoms with van der Waals surface area (Å²) in [6.45, 7) is 0. The number of nitrogens with one attached hydrogen (secondary N) is 1. The Morgan fingerprint density at radius 1 is 1.45 bits per heavy atom. The van der Waals surface area contributed by atoms with Gasteiger partial charge in [-0.25, -0.2) is 4.39 Å². The lowest BCUT2D eigenvalue weighted by Crippen LogP contribution is -1.82. The number of H-pyrrole nitrogens is 1. The summed E-state index contributed by atoms with van der Waals surface area (Å²) in [5.41, 5.74) is 0.769. The van der Waals surface area contributed by atoms with Gasteiger partial charge in [-0.15, -0.1) is 0 Å². The minimum atomic E-state index is -0.206. The maximum absolute atomic E-state index is 12.9. The average molecular weight is 262 g/mol. The Kier molecular flexibility index (Phi) is 1.56. The number of hydrogen-bond acceptors (Lipinski definition) is 1. The molecule has 0 saturated carbocycles. The van der Waals surface area contributed by atoms with E-state index in [0.29, 0.717) is 3.57 Å². The van der Waals surface area contributed by atoms with Crippen molar-refractivity contribution in [1.29, 1.82) is 0 Å². The second kappa shape index (κ2) is 2.44. The van der Waals surface area contributed by atoms with E-state index in [1.807, 2.05) is 22.6 Å². The molecular formula is C7H4FIN2. The number of nitrogens with zero attached hydrogens (tertiary/aromatic N) is 1. The Morgan fingerprint density at radius 2 is 2.27 bits per heavy atom. The highest BCUT2D eigenvalue weighted by atomic mass is 127. The summed E-state index contributed by atoms with van der Waals surface area (Å²) in [5.74, 6) is -0.206. The minimum absolute atomic E-state index is 0.206. The molecule has 0 atom stereocenters. The first-order valence-electron chi connectivity index (χ1n) is 3.06. The highest BCUT2D eigenvalue weighted by Crippen LogP contribution is 2.20. The number of aromatic amines is 1. The van der Waals surface area contributed by atoms with E-state index in [1.165, 1.54) is 6.07 Å². The van der Waals surface area contributed by atoms with Crippen LogP contribution in [0.25, 0.3) is 10.9 Å². The van der Waals surface area contributed by atoms with Gasteiger partial charge < -0.3 is 0 Å². The van der Waals surface area contributed by atoms with Gasteiger partial charge in [0.15, 0.2) is 0 Å². The van der Waals surface area contributed by atoms with Crippen molar-refractivity contribution in [2.45, 2.75) is 0 Å². The summed E-state index contributed by atoms with van der Waals surface area (Å²) < 4.78 is 13.5. The van der Waals surface area contributed by atoms with Crippen molar-refractivity contribution in [3.8, 4) is 0 Å². The second-order valence-corrected chi connectivity index (χ2v) is 3.27. The van der Waals surface area contributed by atoms with E-state index in [1.54, 1.807) is 12.3 Å². The molecule has 0 saturated heterocycles. The van der Waals surface area contributed by atoms with Crippen molar-refractivity contribution in [2.75, 3.05) is 0 Å². The van der Waals surface area contributed by atoms with Crippen molar-refractivity contribution >= 4 is 33.5 Å². The first kappa shape index (κ1) is 7.02. The first-order valence-corrected chi connectivity index (χ1v) is 4.14. The molecule has 2 rings (SSSR count). The van der Waals surface area contributed by atoms with Gasteiger partial charge >= 0.3 is 0 Å². The molecular weight excluding hydrogens is 258 g/mol.